The van der Waals surface area contributed by atoms with Crippen LogP contribution >= 0.6 is 0 Å². The van der Waals surface area contributed by atoms with Gasteiger partial charge in [-0.15, -0.1) is 0 Å². The third-order valence-corrected chi connectivity index (χ3v) is 13.8. The Morgan fingerprint density at radius 3 is 2.43 bits per heavy atom. The minimum atomic E-state index is 0.531. The molecule has 0 spiro atoms. The molecule has 0 saturated heterocycles. The van der Waals surface area contributed by atoms with Crippen LogP contribution in [0.25, 0.3) is 0 Å². The van der Waals surface area contributed by atoms with Gasteiger partial charge in [-0.1, -0.05) is 92.5 Å². The van der Waals surface area contributed by atoms with Gasteiger partial charge in [0.2, 0.25) is 0 Å². The van der Waals surface area contributed by atoms with Crippen molar-refractivity contribution in [3.8, 4) is 0 Å². The summed E-state index contributed by atoms with van der Waals surface area (Å²) < 4.78 is 0. The van der Waals surface area contributed by atoms with Crippen molar-refractivity contribution in [2.45, 2.75) is 147 Å². The molecule has 2 fully saturated rings. The van der Waals surface area contributed by atoms with Crippen LogP contribution in [0.1, 0.15) is 135 Å². The average molecular weight is 602 g/mol. The molecule has 3 nitrogen and oxygen atoms in total. The predicted octanol–water partition coefficient (Wildman–Crippen LogP) is 9.40. The van der Waals surface area contributed by atoms with E-state index in [9.17, 15) is 0 Å². The van der Waals surface area contributed by atoms with E-state index in [2.05, 4.69) is 42.6 Å². The summed E-state index contributed by atoms with van der Waals surface area (Å²) in [5, 5.41) is 4.38. The Balaban J connectivity index is 1.09. The molecule has 0 radical (unpaired) electrons. The molecule has 44 heavy (non-hydrogen) atoms. The average Bonchev–Trinajstić information content (AvgIpc) is 3.05. The fraction of sp³-hybridized carbons (Fsp3) is 0.805. The molecular weight excluding hydrogens is 534 g/mol. The fourth-order valence-corrected chi connectivity index (χ4v) is 10.8. The van der Waals surface area contributed by atoms with E-state index in [0.29, 0.717) is 18.0 Å². The molecule has 3 heteroatoms. The molecule has 6 rings (SSSR count). The van der Waals surface area contributed by atoms with Crippen molar-refractivity contribution in [2.24, 2.45) is 58.8 Å². The van der Waals surface area contributed by atoms with Crippen molar-refractivity contribution in [3.63, 3.8) is 0 Å². The van der Waals surface area contributed by atoms with E-state index < -0.39 is 0 Å². The van der Waals surface area contributed by atoms with Gasteiger partial charge < -0.3 is 16.8 Å². The summed E-state index contributed by atoms with van der Waals surface area (Å²) in [6.07, 6.45) is 39.4. The lowest BCUT2D eigenvalue weighted by Gasteiger charge is -2.48. The lowest BCUT2D eigenvalue weighted by molar-refractivity contribution is 0.0565. The first-order chi connectivity index (χ1) is 21.6. The SMILES string of the molecule is CC(C1C=CC=CC1)C1CC([C@H]2CC=C(C(CN)CCCCC3CCCCC3CN)C(NC3CCCC4=C3CCCC4)C2)C1. The van der Waals surface area contributed by atoms with Gasteiger partial charge in [0.15, 0.2) is 0 Å². The van der Waals surface area contributed by atoms with Gasteiger partial charge in [-0.3, -0.25) is 0 Å². The van der Waals surface area contributed by atoms with Gasteiger partial charge in [-0.05, 0) is 150 Å². The zero-order valence-corrected chi connectivity index (χ0v) is 28.4. The summed E-state index contributed by atoms with van der Waals surface area (Å²) in [6, 6.07) is 1.15. The molecule has 6 aliphatic rings. The Kier molecular flexibility index (Phi) is 12.0. The first-order valence-electron chi connectivity index (χ1n) is 19.5. The third-order valence-electron chi connectivity index (χ3n) is 13.8. The van der Waals surface area contributed by atoms with Crippen molar-refractivity contribution in [1.29, 1.82) is 0 Å². The molecule has 0 heterocycles. The van der Waals surface area contributed by atoms with Crippen molar-refractivity contribution >= 4 is 0 Å². The zero-order chi connectivity index (χ0) is 30.3. The lowest BCUT2D eigenvalue weighted by atomic mass is 9.59. The Bertz CT molecular complexity index is 1030. The number of rotatable bonds is 13. The summed E-state index contributed by atoms with van der Waals surface area (Å²) in [5.41, 5.74) is 18.1. The highest BCUT2D eigenvalue weighted by Gasteiger charge is 2.42. The highest BCUT2D eigenvalue weighted by Crippen LogP contribution is 2.50. The van der Waals surface area contributed by atoms with Gasteiger partial charge in [-0.25, -0.2) is 0 Å². The van der Waals surface area contributed by atoms with Gasteiger partial charge in [-0.2, -0.15) is 0 Å². The highest BCUT2D eigenvalue weighted by molar-refractivity contribution is 5.28. The Morgan fingerprint density at radius 1 is 0.818 bits per heavy atom. The van der Waals surface area contributed by atoms with Crippen molar-refractivity contribution in [3.05, 3.63) is 47.1 Å². The second kappa shape index (κ2) is 16.1. The lowest BCUT2D eigenvalue weighted by Crippen LogP contribution is -2.48. The van der Waals surface area contributed by atoms with Crippen LogP contribution in [0.5, 0.6) is 0 Å². The second-order valence-electron chi connectivity index (χ2n) is 16.3. The maximum atomic E-state index is 6.62. The standard InChI is InChI=1S/C41H67N3/c1-29(30-12-3-2-4-13-30)36-24-37(25-36)33-22-23-39(35(28-43)18-8-6-15-31-14-5-7-17-34(31)27-42)41(26-33)44-40-21-11-19-32-16-9-10-20-38(32)40/h2-4,12,23,29-31,33-37,40-41,44H,5-11,13-22,24-28,42-43H2,1H3/t29?,30?,31?,33-,34?,35?,36?,37?,40?,41?/m0/s1. The molecule has 0 aromatic carbocycles. The fourth-order valence-electron chi connectivity index (χ4n) is 10.8. The molecule has 0 amide bonds. The van der Waals surface area contributed by atoms with Crippen LogP contribution in [0.4, 0.5) is 0 Å². The van der Waals surface area contributed by atoms with Crippen LogP contribution < -0.4 is 16.8 Å². The van der Waals surface area contributed by atoms with E-state index >= 15 is 0 Å². The molecule has 5 N–H and O–H groups in total. The highest BCUT2D eigenvalue weighted by atomic mass is 15.0. The quantitative estimate of drug-likeness (QED) is 0.146. The summed E-state index contributed by atoms with van der Waals surface area (Å²) in [7, 11) is 0. The van der Waals surface area contributed by atoms with Gasteiger partial charge in [0.05, 0.1) is 0 Å². The number of hydrogen-bond acceptors (Lipinski definition) is 3. The van der Waals surface area contributed by atoms with Crippen molar-refractivity contribution < 1.29 is 0 Å². The van der Waals surface area contributed by atoms with Crippen molar-refractivity contribution in [1.82, 2.24) is 5.32 Å². The normalized spacial score (nSPS) is 37.2. The van der Waals surface area contributed by atoms with Crippen LogP contribution in [-0.2, 0) is 0 Å². The molecule has 246 valence electrons. The topological polar surface area (TPSA) is 64.1 Å². The minimum Gasteiger partial charge on any atom is -0.330 e. The maximum Gasteiger partial charge on any atom is 0.0291 e. The second-order valence-corrected chi connectivity index (χ2v) is 16.3. The molecule has 6 aliphatic carbocycles. The monoisotopic (exact) mass is 602 g/mol. The van der Waals surface area contributed by atoms with Gasteiger partial charge >= 0.3 is 0 Å². The number of allylic oxidation sites excluding steroid dienone is 6. The van der Waals surface area contributed by atoms with Crippen LogP contribution in [0.3, 0.4) is 0 Å². The Morgan fingerprint density at radius 2 is 1.64 bits per heavy atom. The summed E-state index contributed by atoms with van der Waals surface area (Å²) in [4.78, 5) is 0. The van der Waals surface area contributed by atoms with Gasteiger partial charge in [0, 0.05) is 12.1 Å². The molecule has 0 bridgehead atoms. The minimum absolute atomic E-state index is 0.531. The van der Waals surface area contributed by atoms with Crippen LogP contribution in [0.15, 0.2) is 47.1 Å². The Labute approximate surface area is 271 Å². The maximum absolute atomic E-state index is 6.62. The third kappa shape index (κ3) is 7.86. The number of hydrogen-bond donors (Lipinski definition) is 3. The number of nitrogens with one attached hydrogen (secondary N) is 1. The van der Waals surface area contributed by atoms with E-state index in [1.54, 1.807) is 5.57 Å². The van der Waals surface area contributed by atoms with E-state index in [0.717, 1.165) is 54.5 Å². The van der Waals surface area contributed by atoms with Gasteiger partial charge in [0.25, 0.3) is 0 Å². The van der Waals surface area contributed by atoms with E-state index in [-0.39, 0.29) is 0 Å². The molecule has 7 unspecified atom stereocenters. The summed E-state index contributed by atoms with van der Waals surface area (Å²) in [5.74, 6) is 6.48. The molecule has 8 atom stereocenters. The summed E-state index contributed by atoms with van der Waals surface area (Å²) in [6.45, 7) is 4.24. The summed E-state index contributed by atoms with van der Waals surface area (Å²) >= 11 is 0. The van der Waals surface area contributed by atoms with E-state index in [1.165, 1.54) is 128 Å². The molecular formula is C41H67N3. The number of unbranched alkanes of at least 4 members (excludes halogenated alkanes) is 1. The van der Waals surface area contributed by atoms with E-state index in [1.807, 2.05) is 11.1 Å². The van der Waals surface area contributed by atoms with Crippen LogP contribution in [-0.4, -0.2) is 25.2 Å². The predicted molar refractivity (Wildman–Crippen MR) is 188 cm³/mol. The van der Waals surface area contributed by atoms with E-state index in [4.69, 9.17) is 11.5 Å². The van der Waals surface area contributed by atoms with Crippen LogP contribution in [0.2, 0.25) is 0 Å². The first kappa shape index (κ1) is 32.8. The first-order valence-corrected chi connectivity index (χ1v) is 19.5. The smallest absolute Gasteiger partial charge is 0.0291 e. The van der Waals surface area contributed by atoms with Gasteiger partial charge in [0.1, 0.15) is 0 Å². The Hall–Kier alpha value is -1.16. The molecule has 0 aromatic rings. The van der Waals surface area contributed by atoms with Crippen LogP contribution in [0, 0.1) is 47.3 Å². The molecule has 0 aromatic heterocycles. The largest absolute Gasteiger partial charge is 0.330 e. The molecule has 0 aliphatic heterocycles. The van der Waals surface area contributed by atoms with Crippen molar-refractivity contribution in [2.75, 3.05) is 13.1 Å². The zero-order valence-electron chi connectivity index (χ0n) is 28.4. The molecule has 2 saturated carbocycles. The number of nitrogens with two attached hydrogens (primary N) is 2.